The molecule has 8 heteroatoms. The molecule has 3 N–H and O–H groups in total. The maximum atomic E-state index is 12.0. The summed E-state index contributed by atoms with van der Waals surface area (Å²) in [6, 6.07) is -1.79. The Kier molecular flexibility index (Phi) is 8.30. The van der Waals surface area contributed by atoms with Crippen molar-refractivity contribution in [2.24, 2.45) is 0 Å². The van der Waals surface area contributed by atoms with Gasteiger partial charge in [0.25, 0.3) is 0 Å². The van der Waals surface area contributed by atoms with E-state index in [1.807, 2.05) is 6.92 Å². The Hall–Kier alpha value is -1.83. The topological polar surface area (TPSA) is 110 Å². The summed E-state index contributed by atoms with van der Waals surface area (Å²) in [5, 5.41) is 20.0. The molecule has 0 radical (unpaired) electrons. The van der Waals surface area contributed by atoms with Crippen molar-refractivity contribution in [2.75, 3.05) is 33.8 Å². The van der Waals surface area contributed by atoms with Gasteiger partial charge in [0, 0.05) is 33.7 Å². The molecule has 1 atom stereocenters. The Labute approximate surface area is 118 Å². The van der Waals surface area contributed by atoms with E-state index in [1.54, 1.807) is 14.1 Å². The molecule has 0 aliphatic carbocycles. The number of aliphatic carboxylic acids is 1. The van der Waals surface area contributed by atoms with Crippen LogP contribution in [0.25, 0.3) is 0 Å². The first-order valence-corrected chi connectivity index (χ1v) is 6.42. The SMILES string of the molecule is CCCN(CC(=O)N(C)C)C(=O)N[C@H](CCO)C(=O)O. The van der Waals surface area contributed by atoms with Crippen molar-refractivity contribution in [3.05, 3.63) is 0 Å². The van der Waals surface area contributed by atoms with Crippen LogP contribution in [-0.4, -0.2) is 77.8 Å². The first-order chi connectivity index (χ1) is 9.33. The van der Waals surface area contributed by atoms with Gasteiger partial charge in [-0.3, -0.25) is 4.79 Å². The molecule has 0 heterocycles. The Morgan fingerprint density at radius 1 is 1.25 bits per heavy atom. The van der Waals surface area contributed by atoms with E-state index in [0.29, 0.717) is 13.0 Å². The van der Waals surface area contributed by atoms with E-state index in [1.165, 1.54) is 9.80 Å². The van der Waals surface area contributed by atoms with Gasteiger partial charge in [0.1, 0.15) is 12.6 Å². The van der Waals surface area contributed by atoms with Crippen molar-refractivity contribution in [3.8, 4) is 0 Å². The maximum absolute atomic E-state index is 12.0. The summed E-state index contributed by atoms with van der Waals surface area (Å²) >= 11 is 0. The van der Waals surface area contributed by atoms with Crippen LogP contribution in [0.5, 0.6) is 0 Å². The molecule has 0 spiro atoms. The summed E-state index contributed by atoms with van der Waals surface area (Å²) in [6.07, 6.45) is 0.564. The zero-order valence-electron chi connectivity index (χ0n) is 12.1. The second kappa shape index (κ2) is 9.13. The first kappa shape index (κ1) is 18.2. The Morgan fingerprint density at radius 3 is 2.25 bits per heavy atom. The van der Waals surface area contributed by atoms with E-state index >= 15 is 0 Å². The molecule has 3 amide bonds. The van der Waals surface area contributed by atoms with E-state index in [0.717, 1.165) is 0 Å². The molecule has 0 saturated carbocycles. The van der Waals surface area contributed by atoms with Gasteiger partial charge < -0.3 is 25.3 Å². The smallest absolute Gasteiger partial charge is 0.326 e. The Morgan fingerprint density at radius 2 is 1.85 bits per heavy atom. The van der Waals surface area contributed by atoms with Gasteiger partial charge >= 0.3 is 12.0 Å². The van der Waals surface area contributed by atoms with Crippen molar-refractivity contribution in [1.82, 2.24) is 15.1 Å². The molecule has 20 heavy (non-hydrogen) atoms. The van der Waals surface area contributed by atoms with E-state index in [9.17, 15) is 14.4 Å². The number of aliphatic hydroxyl groups is 1. The highest BCUT2D eigenvalue weighted by Gasteiger charge is 2.24. The van der Waals surface area contributed by atoms with Gasteiger partial charge in [0.15, 0.2) is 0 Å². The minimum Gasteiger partial charge on any atom is -0.480 e. The molecule has 0 aromatic heterocycles. The molecule has 0 aliphatic heterocycles. The van der Waals surface area contributed by atoms with Gasteiger partial charge in [-0.05, 0) is 6.42 Å². The highest BCUT2D eigenvalue weighted by atomic mass is 16.4. The highest BCUT2D eigenvalue weighted by molar-refractivity contribution is 5.86. The van der Waals surface area contributed by atoms with Crippen LogP contribution < -0.4 is 5.32 Å². The predicted molar refractivity (Wildman–Crippen MR) is 72.2 cm³/mol. The van der Waals surface area contributed by atoms with E-state index in [4.69, 9.17) is 10.2 Å². The molecule has 0 aliphatic rings. The molecule has 0 rings (SSSR count). The third-order valence-corrected chi connectivity index (χ3v) is 2.62. The summed E-state index contributed by atoms with van der Waals surface area (Å²) in [5.74, 6) is -1.47. The van der Waals surface area contributed by atoms with Crippen LogP contribution >= 0.6 is 0 Å². The number of carbonyl (C=O) groups is 3. The van der Waals surface area contributed by atoms with Crippen LogP contribution in [-0.2, 0) is 9.59 Å². The fourth-order valence-electron chi connectivity index (χ4n) is 1.45. The van der Waals surface area contributed by atoms with Crippen LogP contribution in [0, 0.1) is 0 Å². The molecule has 8 nitrogen and oxygen atoms in total. The zero-order valence-corrected chi connectivity index (χ0v) is 12.1. The summed E-state index contributed by atoms with van der Waals surface area (Å²) in [5.41, 5.74) is 0. The molecule has 0 saturated heterocycles. The van der Waals surface area contributed by atoms with E-state index < -0.39 is 18.0 Å². The molecule has 0 bridgehead atoms. The lowest BCUT2D eigenvalue weighted by molar-refractivity contribution is -0.139. The Balaban J connectivity index is 4.70. The van der Waals surface area contributed by atoms with Crippen molar-refractivity contribution in [2.45, 2.75) is 25.8 Å². The van der Waals surface area contributed by atoms with Gasteiger partial charge in [-0.1, -0.05) is 6.92 Å². The van der Waals surface area contributed by atoms with Crippen molar-refractivity contribution >= 4 is 17.9 Å². The third-order valence-electron chi connectivity index (χ3n) is 2.62. The minimum atomic E-state index is -1.22. The predicted octanol–water partition coefficient (Wildman–Crippen LogP) is -0.668. The second-order valence-electron chi connectivity index (χ2n) is 4.56. The molecule has 0 aromatic rings. The highest BCUT2D eigenvalue weighted by Crippen LogP contribution is 1.98. The van der Waals surface area contributed by atoms with Gasteiger partial charge in [-0.25, -0.2) is 9.59 Å². The zero-order chi connectivity index (χ0) is 15.7. The number of rotatable bonds is 8. The maximum Gasteiger partial charge on any atom is 0.326 e. The average Bonchev–Trinajstić information content (AvgIpc) is 2.37. The molecule has 0 fully saturated rings. The number of carboxylic acid groups (broad SMARTS) is 1. The van der Waals surface area contributed by atoms with Gasteiger partial charge in [-0.15, -0.1) is 0 Å². The summed E-state index contributed by atoms with van der Waals surface area (Å²) in [4.78, 5) is 37.1. The van der Waals surface area contributed by atoms with Crippen molar-refractivity contribution in [3.63, 3.8) is 0 Å². The molecular weight excluding hydrogens is 266 g/mol. The lowest BCUT2D eigenvalue weighted by Gasteiger charge is -2.25. The number of nitrogens with one attached hydrogen (secondary N) is 1. The van der Waals surface area contributed by atoms with Crippen molar-refractivity contribution in [1.29, 1.82) is 0 Å². The third kappa shape index (κ3) is 6.37. The molecule has 0 aromatic carbocycles. The normalized spacial score (nSPS) is 11.6. The number of carbonyl (C=O) groups excluding carboxylic acids is 2. The van der Waals surface area contributed by atoms with Crippen LogP contribution in [0.2, 0.25) is 0 Å². The van der Waals surface area contributed by atoms with Gasteiger partial charge in [-0.2, -0.15) is 0 Å². The fourth-order valence-corrected chi connectivity index (χ4v) is 1.45. The number of nitrogens with zero attached hydrogens (tertiary/aromatic N) is 2. The number of aliphatic hydroxyl groups excluding tert-OH is 1. The summed E-state index contributed by atoms with van der Waals surface area (Å²) in [7, 11) is 3.16. The number of hydrogen-bond acceptors (Lipinski definition) is 4. The number of likely N-dealkylation sites (N-methyl/N-ethyl adjacent to an activating group) is 1. The molecule has 0 unspecified atom stereocenters. The van der Waals surface area contributed by atoms with Crippen LogP contribution in [0.3, 0.4) is 0 Å². The van der Waals surface area contributed by atoms with Crippen LogP contribution in [0.15, 0.2) is 0 Å². The fraction of sp³-hybridized carbons (Fsp3) is 0.750. The van der Waals surface area contributed by atoms with Crippen molar-refractivity contribution < 1.29 is 24.6 Å². The number of urea groups is 1. The molecular formula is C12H23N3O5. The van der Waals surface area contributed by atoms with Crippen LogP contribution in [0.4, 0.5) is 4.79 Å². The molecule has 116 valence electrons. The van der Waals surface area contributed by atoms with Gasteiger partial charge in [0.05, 0.1) is 0 Å². The standard InChI is InChI=1S/C12H23N3O5/c1-4-6-15(8-10(17)14(2)3)12(20)13-9(5-7-16)11(18)19/h9,16H,4-8H2,1-3H3,(H,13,20)(H,18,19)/t9-/m1/s1. The minimum absolute atomic E-state index is 0.0807. The lowest BCUT2D eigenvalue weighted by atomic mass is 10.2. The quantitative estimate of drug-likeness (QED) is 0.549. The monoisotopic (exact) mass is 289 g/mol. The lowest BCUT2D eigenvalue weighted by Crippen LogP contribution is -2.50. The van der Waals surface area contributed by atoms with E-state index in [2.05, 4.69) is 5.32 Å². The van der Waals surface area contributed by atoms with E-state index in [-0.39, 0.29) is 25.5 Å². The summed E-state index contributed by atoms with van der Waals surface area (Å²) in [6.45, 7) is 1.74. The number of hydrogen-bond donors (Lipinski definition) is 3. The number of carboxylic acids is 1. The second-order valence-corrected chi connectivity index (χ2v) is 4.56. The van der Waals surface area contributed by atoms with Gasteiger partial charge in [0.2, 0.25) is 5.91 Å². The largest absolute Gasteiger partial charge is 0.480 e. The average molecular weight is 289 g/mol. The first-order valence-electron chi connectivity index (χ1n) is 6.42. The Bertz CT molecular complexity index is 346. The van der Waals surface area contributed by atoms with Crippen LogP contribution in [0.1, 0.15) is 19.8 Å². The summed E-state index contributed by atoms with van der Waals surface area (Å²) < 4.78 is 0. The number of amides is 3.